The molecule has 2 aliphatic heterocycles. The van der Waals surface area contributed by atoms with Crippen molar-refractivity contribution in [2.45, 2.75) is 57.2 Å². The molecule has 0 radical (unpaired) electrons. The van der Waals surface area contributed by atoms with E-state index in [0.717, 1.165) is 41.9 Å². The van der Waals surface area contributed by atoms with Crippen LogP contribution in [0.1, 0.15) is 37.9 Å². The normalized spacial score (nSPS) is 23.4. The van der Waals surface area contributed by atoms with Crippen LogP contribution in [0.25, 0.3) is 10.9 Å². The van der Waals surface area contributed by atoms with Crippen LogP contribution in [0.4, 0.5) is 17.6 Å². The summed E-state index contributed by atoms with van der Waals surface area (Å²) >= 11 is 0. The van der Waals surface area contributed by atoms with Crippen LogP contribution in [-0.4, -0.2) is 54.7 Å². The van der Waals surface area contributed by atoms with Crippen LogP contribution in [0.2, 0.25) is 0 Å². The highest BCUT2D eigenvalue weighted by molar-refractivity contribution is 5.91. The maximum absolute atomic E-state index is 8.95. The van der Waals surface area contributed by atoms with Crippen LogP contribution in [0.5, 0.6) is 0 Å². The number of nitriles is 1. The molecule has 9 nitrogen and oxygen atoms in total. The molecule has 5 heterocycles. The number of nitrogens with zero attached hydrogens (tertiary/aromatic N) is 6. The van der Waals surface area contributed by atoms with E-state index >= 15 is 0 Å². The van der Waals surface area contributed by atoms with E-state index in [4.69, 9.17) is 10.2 Å². The zero-order chi connectivity index (χ0) is 20.5. The number of anilines is 3. The average molecular weight is 403 g/mol. The summed E-state index contributed by atoms with van der Waals surface area (Å²) < 4.78 is 0. The molecule has 2 fully saturated rings. The number of H-pyrrole nitrogens is 1. The topological polar surface area (TPSA) is 118 Å². The second-order valence-corrected chi connectivity index (χ2v) is 8.14. The standard InChI is InChI=1S/C21H25N9/c1-13-24-21(29-28-13)27-19-12-18-17(4-2-8-23-18)20(26-19)25-14-10-15-5-6-16(11-14)30(15)9-3-7-22/h2,4,8,12,14-16H,3,5-6,9-11H2,1H3,(H3,24,25,26,27,28,29)/t14?,15-,16+. The zero-order valence-corrected chi connectivity index (χ0v) is 17.0. The molecule has 3 aromatic rings. The number of aromatic amines is 1. The number of pyridine rings is 2. The van der Waals surface area contributed by atoms with Gasteiger partial charge in [0.2, 0.25) is 5.95 Å². The summed E-state index contributed by atoms with van der Waals surface area (Å²) in [6.45, 7) is 2.75. The maximum atomic E-state index is 8.95. The molecule has 3 aromatic heterocycles. The number of nitrogens with one attached hydrogen (secondary N) is 3. The average Bonchev–Trinajstić information content (AvgIpc) is 3.25. The highest BCUT2D eigenvalue weighted by atomic mass is 15.3. The lowest BCUT2D eigenvalue weighted by molar-refractivity contribution is 0.136. The van der Waals surface area contributed by atoms with E-state index in [1.807, 2.05) is 19.1 Å². The third-order valence-corrected chi connectivity index (χ3v) is 6.14. The summed E-state index contributed by atoms with van der Waals surface area (Å²) in [5.41, 5.74) is 0.874. The van der Waals surface area contributed by atoms with Crippen LogP contribution in [0.3, 0.4) is 0 Å². The summed E-state index contributed by atoms with van der Waals surface area (Å²) in [6, 6.07) is 9.66. The van der Waals surface area contributed by atoms with Crippen molar-refractivity contribution in [1.82, 2.24) is 30.0 Å². The number of rotatable bonds is 6. The van der Waals surface area contributed by atoms with Crippen molar-refractivity contribution in [3.05, 3.63) is 30.2 Å². The molecule has 30 heavy (non-hydrogen) atoms. The highest BCUT2D eigenvalue weighted by Crippen LogP contribution is 2.37. The van der Waals surface area contributed by atoms with Gasteiger partial charge in [0.25, 0.3) is 0 Å². The molecule has 1 unspecified atom stereocenters. The Balaban J connectivity index is 1.38. The summed E-state index contributed by atoms with van der Waals surface area (Å²) in [6.07, 6.45) is 6.98. The van der Waals surface area contributed by atoms with E-state index in [1.54, 1.807) is 6.20 Å². The maximum Gasteiger partial charge on any atom is 0.247 e. The van der Waals surface area contributed by atoms with Gasteiger partial charge in [0.05, 0.1) is 11.6 Å². The molecule has 0 aliphatic carbocycles. The van der Waals surface area contributed by atoms with Gasteiger partial charge in [0, 0.05) is 48.7 Å². The van der Waals surface area contributed by atoms with Gasteiger partial charge in [-0.2, -0.15) is 10.2 Å². The first-order chi connectivity index (χ1) is 14.7. The second-order valence-electron chi connectivity index (χ2n) is 8.14. The fraction of sp³-hybridized carbons (Fsp3) is 0.476. The Labute approximate surface area is 174 Å². The molecule has 0 aromatic carbocycles. The lowest BCUT2D eigenvalue weighted by atomic mass is 9.97. The fourth-order valence-corrected chi connectivity index (χ4v) is 4.89. The van der Waals surface area contributed by atoms with Crippen molar-refractivity contribution in [2.24, 2.45) is 0 Å². The van der Waals surface area contributed by atoms with Gasteiger partial charge >= 0.3 is 0 Å². The van der Waals surface area contributed by atoms with Crippen molar-refractivity contribution < 1.29 is 0 Å². The monoisotopic (exact) mass is 403 g/mol. The SMILES string of the molecule is Cc1nc(Nc2cc3ncccc3c(NC3C[C@H]4CC[C@@H](C3)N4CCC#N)n2)n[nH]1. The molecule has 3 N–H and O–H groups in total. The molecule has 2 bridgehead atoms. The third-order valence-electron chi connectivity index (χ3n) is 6.14. The summed E-state index contributed by atoms with van der Waals surface area (Å²) in [7, 11) is 0. The van der Waals surface area contributed by atoms with Crippen molar-refractivity contribution in [3.8, 4) is 6.07 Å². The van der Waals surface area contributed by atoms with Crippen LogP contribution in [0.15, 0.2) is 24.4 Å². The quantitative estimate of drug-likeness (QED) is 0.574. The Kier molecular flexibility index (Phi) is 4.93. The van der Waals surface area contributed by atoms with Gasteiger partial charge in [-0.05, 0) is 44.7 Å². The van der Waals surface area contributed by atoms with Crippen LogP contribution in [-0.2, 0) is 0 Å². The Hall–Kier alpha value is -3.25. The van der Waals surface area contributed by atoms with E-state index < -0.39 is 0 Å². The smallest absolute Gasteiger partial charge is 0.247 e. The van der Waals surface area contributed by atoms with Gasteiger partial charge in [-0.3, -0.25) is 15.0 Å². The molecular weight excluding hydrogens is 378 g/mol. The van der Waals surface area contributed by atoms with Gasteiger partial charge < -0.3 is 10.6 Å². The lowest BCUT2D eigenvalue weighted by Gasteiger charge is -2.39. The van der Waals surface area contributed by atoms with Crippen molar-refractivity contribution in [3.63, 3.8) is 0 Å². The van der Waals surface area contributed by atoms with Crippen LogP contribution < -0.4 is 10.6 Å². The minimum Gasteiger partial charge on any atom is -0.367 e. The molecule has 0 spiro atoms. The van der Waals surface area contributed by atoms with E-state index in [0.29, 0.717) is 36.3 Å². The molecule has 154 valence electrons. The molecule has 2 saturated heterocycles. The molecule has 9 heteroatoms. The number of aromatic nitrogens is 5. The first kappa shape index (κ1) is 18.8. The summed E-state index contributed by atoms with van der Waals surface area (Å²) in [4.78, 5) is 16.2. The van der Waals surface area contributed by atoms with Gasteiger partial charge in [0.1, 0.15) is 17.5 Å². The van der Waals surface area contributed by atoms with Gasteiger partial charge in [0.15, 0.2) is 0 Å². The molecule has 0 saturated carbocycles. The lowest BCUT2D eigenvalue weighted by Crippen LogP contribution is -2.47. The van der Waals surface area contributed by atoms with Crippen molar-refractivity contribution in [2.75, 3.05) is 17.2 Å². The van der Waals surface area contributed by atoms with E-state index in [-0.39, 0.29) is 0 Å². The largest absolute Gasteiger partial charge is 0.367 e. The van der Waals surface area contributed by atoms with Crippen LogP contribution >= 0.6 is 0 Å². The van der Waals surface area contributed by atoms with Crippen LogP contribution in [0, 0.1) is 18.3 Å². The highest BCUT2D eigenvalue weighted by Gasteiger charge is 2.40. The van der Waals surface area contributed by atoms with E-state index in [2.05, 4.69) is 47.8 Å². The van der Waals surface area contributed by atoms with Crippen molar-refractivity contribution in [1.29, 1.82) is 5.26 Å². The predicted octanol–water partition coefficient (Wildman–Crippen LogP) is 3.12. The first-order valence-electron chi connectivity index (χ1n) is 10.5. The Morgan fingerprint density at radius 3 is 2.83 bits per heavy atom. The molecule has 2 aliphatic rings. The number of piperidine rings is 1. The van der Waals surface area contributed by atoms with E-state index in [9.17, 15) is 0 Å². The molecule has 0 amide bonds. The number of aryl methyl sites for hydroxylation is 1. The molecule has 5 rings (SSSR count). The predicted molar refractivity (Wildman–Crippen MR) is 114 cm³/mol. The minimum absolute atomic E-state index is 0.359. The van der Waals surface area contributed by atoms with Crippen molar-refractivity contribution >= 4 is 28.5 Å². The minimum atomic E-state index is 0.359. The third kappa shape index (κ3) is 3.66. The zero-order valence-electron chi connectivity index (χ0n) is 17.0. The van der Waals surface area contributed by atoms with E-state index in [1.165, 1.54) is 12.8 Å². The summed E-state index contributed by atoms with van der Waals surface area (Å²) in [5, 5.41) is 23.8. The molecular formula is C21H25N9. The Morgan fingerprint density at radius 2 is 2.10 bits per heavy atom. The Bertz CT molecular complexity index is 1070. The fourth-order valence-electron chi connectivity index (χ4n) is 4.89. The number of hydrogen-bond acceptors (Lipinski definition) is 8. The van der Waals surface area contributed by atoms with Gasteiger partial charge in [-0.15, -0.1) is 5.10 Å². The first-order valence-corrected chi connectivity index (χ1v) is 10.5. The number of fused-ring (bicyclic) bond motifs is 3. The van der Waals surface area contributed by atoms with Gasteiger partial charge in [-0.1, -0.05) is 0 Å². The Morgan fingerprint density at radius 1 is 1.27 bits per heavy atom. The van der Waals surface area contributed by atoms with Gasteiger partial charge in [-0.25, -0.2) is 4.98 Å². The number of hydrogen-bond donors (Lipinski definition) is 3. The second kappa shape index (κ2) is 7.88. The summed E-state index contributed by atoms with van der Waals surface area (Å²) in [5.74, 6) is 2.74. The molecule has 3 atom stereocenters.